The molecule has 2 heterocycles. The molecule has 0 spiro atoms. The summed E-state index contributed by atoms with van der Waals surface area (Å²) in [5.74, 6) is -2.56. The van der Waals surface area contributed by atoms with Crippen LogP contribution in [-0.2, 0) is 67.7 Å². The fraction of sp³-hybridized carbons (Fsp3) is 0.537. The molecule has 5 atom stereocenters. The van der Waals surface area contributed by atoms with Gasteiger partial charge in [-0.2, -0.15) is 0 Å². The predicted molar refractivity (Wildman–Crippen MR) is 273 cm³/mol. The molecule has 0 bridgehead atoms. The van der Waals surface area contributed by atoms with Crippen molar-refractivity contribution >= 4 is 51.8 Å². The Morgan fingerprint density at radius 3 is 1.79 bits per heavy atom. The van der Waals surface area contributed by atoms with Crippen LogP contribution < -0.4 is 26.0 Å². The fourth-order valence-corrected chi connectivity index (χ4v) is 8.29. The Kier molecular flexibility index (Phi) is 22.0. The molecule has 73 heavy (non-hydrogen) atoms. The lowest BCUT2D eigenvalue weighted by Crippen LogP contribution is -2.61. The number of rotatable bonds is 24. The molecule has 2 aliphatic rings. The molecule has 0 radical (unpaired) electrons. The second-order valence-corrected chi connectivity index (χ2v) is 22.6. The summed E-state index contributed by atoms with van der Waals surface area (Å²) in [6.45, 7) is 17.0. The molecule has 0 aromatic heterocycles. The first-order valence-corrected chi connectivity index (χ1v) is 26.6. The van der Waals surface area contributed by atoms with Gasteiger partial charge in [-0.3, -0.25) is 33.6 Å². The summed E-state index contributed by atoms with van der Waals surface area (Å²) in [5, 5.41) is 11.8. The number of hydrogen-bond acceptors (Lipinski definition) is 13. The second kappa shape index (κ2) is 26.9. The number of esters is 1. The molecule has 5 rings (SSSR count). The summed E-state index contributed by atoms with van der Waals surface area (Å²) >= 11 is 0. The number of hydrogen-bond donors (Lipinski definition) is 4. The second-order valence-electron chi connectivity index (χ2n) is 21.2. The van der Waals surface area contributed by atoms with Crippen LogP contribution in [-0.4, -0.2) is 135 Å². The van der Waals surface area contributed by atoms with Crippen molar-refractivity contribution in [3.8, 4) is 5.75 Å². The molecule has 0 aliphatic carbocycles. The first-order valence-electron chi connectivity index (χ1n) is 24.8. The van der Waals surface area contributed by atoms with Gasteiger partial charge in [0.2, 0.25) is 17.7 Å². The summed E-state index contributed by atoms with van der Waals surface area (Å²) in [4.78, 5) is 95.7. The molecule has 2 fully saturated rings. The smallest absolute Gasteiger partial charge is 0.316 e. The van der Waals surface area contributed by atoms with E-state index < -0.39 is 69.0 Å². The van der Waals surface area contributed by atoms with E-state index in [-0.39, 0.29) is 71.7 Å². The quantitative estimate of drug-likeness (QED) is 0.0245. The van der Waals surface area contributed by atoms with Crippen LogP contribution in [0, 0.1) is 17.3 Å². The minimum absolute atomic E-state index is 0.00652. The highest BCUT2D eigenvalue weighted by Crippen LogP contribution is 2.30. The van der Waals surface area contributed by atoms with Crippen LogP contribution in [0.4, 0.5) is 0 Å². The van der Waals surface area contributed by atoms with Gasteiger partial charge < -0.3 is 44.5 Å². The van der Waals surface area contributed by atoms with E-state index >= 15 is 0 Å². The Morgan fingerprint density at radius 2 is 1.26 bits per heavy atom. The molecule has 4 N–H and O–H groups in total. The average Bonchev–Trinajstić information content (AvgIpc) is 4.07. The molecule has 0 unspecified atom stereocenters. The number of epoxide rings is 1. The number of morpholine rings is 1. The van der Waals surface area contributed by atoms with Crippen molar-refractivity contribution in [2.75, 3.05) is 45.7 Å². The first kappa shape index (κ1) is 59.7. The predicted octanol–water partition coefficient (Wildman–Crippen LogP) is 4.22. The third-order valence-electron chi connectivity index (χ3n) is 12.3. The Bertz CT molecular complexity index is 2460. The van der Waals surface area contributed by atoms with Crippen LogP contribution in [0.3, 0.4) is 0 Å². The van der Waals surface area contributed by atoms with E-state index in [0.717, 1.165) is 16.7 Å². The summed E-state index contributed by atoms with van der Waals surface area (Å²) < 4.78 is 44.2. The van der Waals surface area contributed by atoms with Gasteiger partial charge in [-0.15, -0.1) is 0 Å². The third kappa shape index (κ3) is 20.5. The highest BCUT2D eigenvalue weighted by molar-refractivity contribution is 7.84. The number of amides is 4. The molecule has 3 aromatic carbocycles. The normalized spacial score (nSPS) is 17.9. The topological polar surface area (TPSA) is 256 Å². The Labute approximate surface area is 430 Å². The van der Waals surface area contributed by atoms with E-state index in [9.17, 15) is 33.6 Å². The number of aryl methyl sites for hydroxylation is 1. The maximum atomic E-state index is 14.5. The Morgan fingerprint density at radius 1 is 0.753 bits per heavy atom. The van der Waals surface area contributed by atoms with Gasteiger partial charge in [0.25, 0.3) is 5.91 Å². The zero-order chi connectivity index (χ0) is 54.1. The number of benzene rings is 3. The lowest BCUT2D eigenvalue weighted by atomic mass is 9.93. The van der Waals surface area contributed by atoms with E-state index in [0.29, 0.717) is 58.2 Å². The van der Waals surface area contributed by atoms with Crippen molar-refractivity contribution in [1.82, 2.24) is 21.3 Å². The van der Waals surface area contributed by atoms with Gasteiger partial charge in [0.15, 0.2) is 18.6 Å². The number of nitrogens with one attached hydrogen (secondary N) is 4. The summed E-state index contributed by atoms with van der Waals surface area (Å²) in [6, 6.07) is 19.8. The molecule has 0 saturated carbocycles. The number of ether oxygens (including phenoxy) is 3. The SMILES string of the molecule is CC(C)C[C@H](NC(=O)[C@H](CCc1ccccc1)NC(=O)C[N+]1(Cc2ccc(OC(=O)C(C)(C)C)c(C=O)c2)CCOCC1)C(=O)N[C@@H](Cc1ccccc1)C(=O)N[C@@H](CC(C)C)C(=O)[C@@]1(C)CO1.CS(=O)(=O)[O-]. The van der Waals surface area contributed by atoms with E-state index in [1.165, 1.54) is 0 Å². The molecule has 400 valence electrons. The number of nitrogens with zero attached hydrogens (tertiary/aromatic N) is 1. The van der Waals surface area contributed by atoms with Crippen molar-refractivity contribution in [2.45, 2.75) is 124 Å². The maximum absolute atomic E-state index is 14.5. The van der Waals surface area contributed by atoms with Crippen LogP contribution in [0.25, 0.3) is 0 Å². The van der Waals surface area contributed by atoms with Gasteiger partial charge in [0.1, 0.15) is 49.1 Å². The molecule has 4 amide bonds. The van der Waals surface area contributed by atoms with Gasteiger partial charge in [0.05, 0.1) is 47.0 Å². The first-order chi connectivity index (χ1) is 34.2. The lowest BCUT2D eigenvalue weighted by Gasteiger charge is -2.41. The monoisotopic (exact) mass is 1030 g/mol. The van der Waals surface area contributed by atoms with Gasteiger partial charge in [-0.25, -0.2) is 8.42 Å². The molecule has 19 heteroatoms. The average molecular weight is 1030 g/mol. The Balaban J connectivity index is 0.00000220. The Hall–Kier alpha value is -5.86. The number of carbonyl (C=O) groups is 7. The largest absolute Gasteiger partial charge is 0.748 e. The number of ketones is 1. The molecule has 3 aromatic rings. The van der Waals surface area contributed by atoms with Crippen LogP contribution in [0.15, 0.2) is 78.9 Å². The number of aldehydes is 1. The van der Waals surface area contributed by atoms with Crippen LogP contribution in [0.5, 0.6) is 5.75 Å². The van der Waals surface area contributed by atoms with E-state index in [4.69, 9.17) is 27.2 Å². The molecule has 18 nitrogen and oxygen atoms in total. The van der Waals surface area contributed by atoms with Gasteiger partial charge in [-0.1, -0.05) is 88.4 Å². The molecular weight excluding hydrogens is 959 g/mol. The standard InChI is InChI=1S/C53H71N5O10.CH4O3S/c1-35(2)27-42(47(61)53(8)34-67-53)55-50(64)44(30-38-17-13-10-14-18-38)57-49(63)43(28-36(3)4)56-48(62)41(21-19-37-15-11-9-12-16-37)54-46(60)32-58(23-25-66-26-24-58)31-39-20-22-45(40(29-39)33-59)68-51(65)52(5,6)7;1-5(2,3)4/h9-18,20,22,29,33,35-36,41-44H,19,21,23-28,30-32,34H2,1-8H3,(H3-,54,55,56,57,60,62,63,64);1H3,(H,2,3,4)/t41-,42-,43-,44-,53+;/m0./s1. The van der Waals surface area contributed by atoms with Crippen molar-refractivity contribution in [3.05, 3.63) is 101 Å². The molecular formula is C54H75N5O13S. The van der Waals surface area contributed by atoms with Crippen LogP contribution >= 0.6 is 0 Å². The summed E-state index contributed by atoms with van der Waals surface area (Å²) in [6.07, 6.45) is 2.67. The van der Waals surface area contributed by atoms with Crippen LogP contribution in [0.2, 0.25) is 0 Å². The lowest BCUT2D eigenvalue weighted by molar-refractivity contribution is -0.940. The van der Waals surface area contributed by atoms with E-state index in [1.54, 1.807) is 45.9 Å². The fourth-order valence-electron chi connectivity index (χ4n) is 8.29. The summed E-state index contributed by atoms with van der Waals surface area (Å²) in [5.41, 5.74) is 0.972. The molecule has 2 aliphatic heterocycles. The molecule has 2 saturated heterocycles. The van der Waals surface area contributed by atoms with Crippen molar-refractivity contribution in [1.29, 1.82) is 0 Å². The number of Topliss-reactive ketones (excluding diaryl/α,β-unsaturated/α-hetero) is 1. The third-order valence-corrected chi connectivity index (χ3v) is 12.3. The van der Waals surface area contributed by atoms with Crippen molar-refractivity contribution < 1.29 is 65.2 Å². The number of carbonyl (C=O) groups excluding carboxylic acids is 7. The van der Waals surface area contributed by atoms with Crippen LogP contribution in [0.1, 0.15) is 102 Å². The van der Waals surface area contributed by atoms with E-state index in [1.807, 2.05) is 88.4 Å². The van der Waals surface area contributed by atoms with Gasteiger partial charge in [0, 0.05) is 18.2 Å². The maximum Gasteiger partial charge on any atom is 0.316 e. The zero-order valence-electron chi connectivity index (χ0n) is 43.7. The summed E-state index contributed by atoms with van der Waals surface area (Å²) in [7, 11) is -3.92. The van der Waals surface area contributed by atoms with Crippen molar-refractivity contribution in [3.63, 3.8) is 0 Å². The highest BCUT2D eigenvalue weighted by Gasteiger charge is 2.50. The van der Waals surface area contributed by atoms with Gasteiger partial charge >= 0.3 is 5.97 Å². The van der Waals surface area contributed by atoms with Crippen molar-refractivity contribution in [2.24, 2.45) is 17.3 Å². The number of quaternary nitrogens is 1. The van der Waals surface area contributed by atoms with E-state index in [2.05, 4.69) is 21.3 Å². The minimum atomic E-state index is -3.92. The highest BCUT2D eigenvalue weighted by atomic mass is 32.2. The zero-order valence-corrected chi connectivity index (χ0v) is 44.5. The van der Waals surface area contributed by atoms with Gasteiger partial charge in [-0.05, 0) is 94.5 Å². The minimum Gasteiger partial charge on any atom is -0.748 e.